The first kappa shape index (κ1) is 10.4. The van der Waals surface area contributed by atoms with E-state index in [9.17, 15) is 4.79 Å². The molecule has 1 saturated carbocycles. The van der Waals surface area contributed by atoms with Crippen molar-refractivity contribution in [2.45, 2.75) is 32.7 Å². The van der Waals surface area contributed by atoms with Gasteiger partial charge >= 0.3 is 5.97 Å². The Hall–Kier alpha value is -1.10. The first-order valence-corrected chi connectivity index (χ1v) is 5.83. The van der Waals surface area contributed by atoms with Crippen molar-refractivity contribution in [2.24, 2.45) is 5.92 Å². The van der Waals surface area contributed by atoms with Crippen molar-refractivity contribution in [3.05, 3.63) is 11.3 Å². The highest BCUT2D eigenvalue weighted by Gasteiger charge is 2.29. The third-order valence-corrected chi connectivity index (χ3v) is 3.63. The Kier molecular flexibility index (Phi) is 2.65. The molecule has 1 unspecified atom stereocenters. The van der Waals surface area contributed by atoms with Crippen LogP contribution in [0, 0.1) is 12.8 Å². The number of carbonyl (C=O) groups is 1. The Morgan fingerprint density at radius 3 is 2.87 bits per heavy atom. The molecule has 0 aromatic carbocycles. The number of rotatable bonds is 4. The minimum Gasteiger partial charge on any atom is -0.478 e. The molecule has 1 aliphatic rings. The molecular weight excluding hydrogens is 212 g/mol. The molecule has 1 fully saturated rings. The number of hydrogen-bond donors (Lipinski definition) is 2. The number of aromatic carboxylic acids is 1. The maximum Gasteiger partial charge on any atom is 0.340 e. The molecule has 4 nitrogen and oxygen atoms in total. The Balaban J connectivity index is 2.16. The first-order chi connectivity index (χ1) is 7.09. The van der Waals surface area contributed by atoms with Crippen molar-refractivity contribution < 1.29 is 9.90 Å². The predicted octanol–water partition coefficient (Wildman–Crippen LogP) is 2.36. The SMILES string of the molecule is Cc1nsc(NC(C)C2CC2)c1C(=O)O. The van der Waals surface area contributed by atoms with Gasteiger partial charge < -0.3 is 10.4 Å². The van der Waals surface area contributed by atoms with Crippen LogP contribution in [0.1, 0.15) is 35.8 Å². The summed E-state index contributed by atoms with van der Waals surface area (Å²) in [5, 5.41) is 13.0. The van der Waals surface area contributed by atoms with Crippen LogP contribution >= 0.6 is 11.5 Å². The van der Waals surface area contributed by atoms with Crippen LogP contribution in [-0.2, 0) is 0 Å². The molecule has 0 bridgehead atoms. The summed E-state index contributed by atoms with van der Waals surface area (Å²) in [4.78, 5) is 11.0. The van der Waals surface area contributed by atoms with Gasteiger partial charge in [-0.25, -0.2) is 4.79 Å². The quantitative estimate of drug-likeness (QED) is 0.827. The van der Waals surface area contributed by atoms with Crippen LogP contribution in [0.4, 0.5) is 5.00 Å². The summed E-state index contributed by atoms with van der Waals surface area (Å²) in [7, 11) is 0. The smallest absolute Gasteiger partial charge is 0.340 e. The topological polar surface area (TPSA) is 62.2 Å². The zero-order chi connectivity index (χ0) is 11.0. The minimum absolute atomic E-state index is 0.326. The van der Waals surface area contributed by atoms with Gasteiger partial charge in [0.2, 0.25) is 0 Å². The lowest BCUT2D eigenvalue weighted by atomic mass is 10.2. The van der Waals surface area contributed by atoms with Crippen LogP contribution in [-0.4, -0.2) is 21.5 Å². The van der Waals surface area contributed by atoms with E-state index in [0.29, 0.717) is 28.2 Å². The van der Waals surface area contributed by atoms with E-state index in [-0.39, 0.29) is 0 Å². The number of carboxylic acids is 1. The fraction of sp³-hybridized carbons (Fsp3) is 0.600. The van der Waals surface area contributed by atoms with Gasteiger partial charge in [-0.15, -0.1) is 0 Å². The van der Waals surface area contributed by atoms with Crippen molar-refractivity contribution in [2.75, 3.05) is 5.32 Å². The summed E-state index contributed by atoms with van der Waals surface area (Å²) in [6.07, 6.45) is 2.49. The van der Waals surface area contributed by atoms with Gasteiger partial charge in [-0.1, -0.05) is 0 Å². The van der Waals surface area contributed by atoms with Crippen molar-refractivity contribution in [3.63, 3.8) is 0 Å². The molecule has 1 aliphatic carbocycles. The second-order valence-electron chi connectivity index (χ2n) is 4.05. The van der Waals surface area contributed by atoms with Gasteiger partial charge in [-0.3, -0.25) is 0 Å². The van der Waals surface area contributed by atoms with E-state index in [1.807, 2.05) is 0 Å². The van der Waals surface area contributed by atoms with Crippen LogP contribution in [0.15, 0.2) is 0 Å². The summed E-state index contributed by atoms with van der Waals surface area (Å²) in [6, 6.07) is 0.350. The van der Waals surface area contributed by atoms with Gasteiger partial charge in [0.05, 0.1) is 5.69 Å². The van der Waals surface area contributed by atoms with Crippen LogP contribution in [0.2, 0.25) is 0 Å². The summed E-state index contributed by atoms with van der Waals surface area (Å²) in [6.45, 7) is 3.82. The lowest BCUT2D eigenvalue weighted by Gasteiger charge is -2.12. The maximum atomic E-state index is 11.0. The number of nitrogens with zero attached hydrogens (tertiary/aromatic N) is 1. The van der Waals surface area contributed by atoms with E-state index >= 15 is 0 Å². The van der Waals surface area contributed by atoms with E-state index in [0.717, 1.165) is 0 Å². The van der Waals surface area contributed by atoms with Crippen LogP contribution in [0.5, 0.6) is 0 Å². The highest BCUT2D eigenvalue weighted by Crippen LogP contribution is 2.35. The summed E-state index contributed by atoms with van der Waals surface area (Å²) < 4.78 is 4.07. The van der Waals surface area contributed by atoms with Crippen molar-refractivity contribution in [1.82, 2.24) is 4.37 Å². The lowest BCUT2D eigenvalue weighted by Crippen LogP contribution is -2.18. The Morgan fingerprint density at radius 1 is 1.67 bits per heavy atom. The summed E-state index contributed by atoms with van der Waals surface area (Å²) >= 11 is 1.24. The Bertz CT molecular complexity index is 385. The molecule has 0 spiro atoms. The molecule has 0 radical (unpaired) electrons. The molecule has 1 atom stereocenters. The lowest BCUT2D eigenvalue weighted by molar-refractivity contribution is 0.0697. The minimum atomic E-state index is -0.897. The van der Waals surface area contributed by atoms with E-state index in [4.69, 9.17) is 5.11 Å². The third-order valence-electron chi connectivity index (χ3n) is 2.76. The molecule has 82 valence electrons. The molecule has 5 heteroatoms. The molecule has 15 heavy (non-hydrogen) atoms. The molecule has 2 N–H and O–H groups in total. The van der Waals surface area contributed by atoms with Crippen LogP contribution in [0.25, 0.3) is 0 Å². The van der Waals surface area contributed by atoms with E-state index < -0.39 is 5.97 Å². The van der Waals surface area contributed by atoms with Gasteiger partial charge in [0.1, 0.15) is 10.6 Å². The maximum absolute atomic E-state index is 11.0. The molecule has 2 rings (SSSR count). The summed E-state index contributed by atoms with van der Waals surface area (Å²) in [5.74, 6) is -0.194. The van der Waals surface area contributed by atoms with Gasteiger partial charge in [0.15, 0.2) is 0 Å². The number of aryl methyl sites for hydroxylation is 1. The second-order valence-corrected chi connectivity index (χ2v) is 4.82. The molecule has 0 amide bonds. The number of hydrogen-bond acceptors (Lipinski definition) is 4. The zero-order valence-corrected chi connectivity index (χ0v) is 9.60. The number of nitrogens with one attached hydrogen (secondary N) is 1. The molecular formula is C10H14N2O2S. The third kappa shape index (κ3) is 2.12. The number of anilines is 1. The highest BCUT2D eigenvalue weighted by molar-refractivity contribution is 7.10. The van der Waals surface area contributed by atoms with Crippen molar-refractivity contribution in [1.29, 1.82) is 0 Å². The Morgan fingerprint density at radius 2 is 2.33 bits per heavy atom. The van der Waals surface area contributed by atoms with Gasteiger partial charge in [0.25, 0.3) is 0 Å². The standard InChI is InChI=1S/C10H14N2O2S/c1-5(7-3-4-7)11-9-8(10(13)14)6(2)12-15-9/h5,7,11H,3-4H2,1-2H3,(H,13,14). The number of aromatic nitrogens is 1. The van der Waals surface area contributed by atoms with E-state index in [1.165, 1.54) is 24.4 Å². The molecule has 1 heterocycles. The van der Waals surface area contributed by atoms with E-state index in [2.05, 4.69) is 16.6 Å². The molecule has 1 aromatic heterocycles. The summed E-state index contributed by atoms with van der Waals surface area (Å²) in [5.41, 5.74) is 0.922. The average molecular weight is 226 g/mol. The molecule has 0 saturated heterocycles. The Labute approximate surface area is 92.5 Å². The fourth-order valence-corrected chi connectivity index (χ4v) is 2.53. The second kappa shape index (κ2) is 3.81. The first-order valence-electron chi connectivity index (χ1n) is 5.05. The zero-order valence-electron chi connectivity index (χ0n) is 8.78. The monoisotopic (exact) mass is 226 g/mol. The van der Waals surface area contributed by atoms with Crippen molar-refractivity contribution >= 4 is 22.5 Å². The van der Waals surface area contributed by atoms with E-state index in [1.54, 1.807) is 6.92 Å². The van der Waals surface area contributed by atoms with Gasteiger partial charge in [-0.2, -0.15) is 4.37 Å². The van der Waals surface area contributed by atoms with Crippen LogP contribution in [0.3, 0.4) is 0 Å². The average Bonchev–Trinajstić information content (AvgIpc) is 2.92. The van der Waals surface area contributed by atoms with Gasteiger partial charge in [0, 0.05) is 6.04 Å². The largest absolute Gasteiger partial charge is 0.478 e. The van der Waals surface area contributed by atoms with Gasteiger partial charge in [-0.05, 0) is 44.1 Å². The predicted molar refractivity (Wildman–Crippen MR) is 59.6 cm³/mol. The molecule has 1 aromatic rings. The van der Waals surface area contributed by atoms with Crippen molar-refractivity contribution in [3.8, 4) is 0 Å². The fourth-order valence-electron chi connectivity index (χ4n) is 1.64. The number of carboxylic acid groups (broad SMARTS) is 1. The van der Waals surface area contributed by atoms with Crippen LogP contribution < -0.4 is 5.32 Å². The molecule has 0 aliphatic heterocycles. The normalized spacial score (nSPS) is 17.5. The highest BCUT2D eigenvalue weighted by atomic mass is 32.1.